The van der Waals surface area contributed by atoms with Crippen molar-refractivity contribution in [3.05, 3.63) is 108 Å². The van der Waals surface area contributed by atoms with Crippen molar-refractivity contribution in [1.82, 2.24) is 10.6 Å². The summed E-state index contributed by atoms with van der Waals surface area (Å²) >= 11 is 0. The van der Waals surface area contributed by atoms with E-state index < -0.39 is 0 Å². The first-order valence-corrected chi connectivity index (χ1v) is 12.5. The molecule has 0 aliphatic heterocycles. The van der Waals surface area contributed by atoms with E-state index in [9.17, 15) is 9.59 Å². The molecule has 4 aromatic carbocycles. The van der Waals surface area contributed by atoms with E-state index in [0.717, 1.165) is 22.3 Å². The number of aliphatic imine (C=N–C) groups is 2. The van der Waals surface area contributed by atoms with Crippen LogP contribution in [0.3, 0.4) is 0 Å². The van der Waals surface area contributed by atoms with Crippen molar-refractivity contribution in [2.45, 2.75) is 0 Å². The summed E-state index contributed by atoms with van der Waals surface area (Å²) in [6, 6.07) is 29.1. The average Bonchev–Trinajstić information content (AvgIpc) is 2.95. The van der Waals surface area contributed by atoms with Crippen LogP contribution in [0.2, 0.25) is 0 Å². The van der Waals surface area contributed by atoms with E-state index in [1.807, 2.05) is 60.7 Å². The zero-order valence-corrected chi connectivity index (χ0v) is 21.7. The van der Waals surface area contributed by atoms with Crippen molar-refractivity contribution < 1.29 is 9.59 Å². The monoisotopic (exact) mass is 534 g/mol. The lowest BCUT2D eigenvalue weighted by Gasteiger charge is -2.10. The molecule has 10 heteroatoms. The predicted octanol–water partition coefficient (Wildman–Crippen LogP) is 2.99. The number of hydrogen-bond acceptors (Lipinski definition) is 4. The summed E-state index contributed by atoms with van der Waals surface area (Å²) in [4.78, 5) is 33.7. The number of amides is 2. The van der Waals surface area contributed by atoms with E-state index in [2.05, 4.69) is 20.6 Å². The second-order valence-electron chi connectivity index (χ2n) is 8.78. The second-order valence-corrected chi connectivity index (χ2v) is 8.78. The second kappa shape index (κ2) is 12.7. The third kappa shape index (κ3) is 7.01. The minimum atomic E-state index is -0.265. The Morgan fingerprint density at radius 1 is 0.550 bits per heavy atom. The highest BCUT2D eigenvalue weighted by Gasteiger charge is 2.11. The van der Waals surface area contributed by atoms with Gasteiger partial charge in [-0.05, 0) is 47.5 Å². The highest BCUT2D eigenvalue weighted by atomic mass is 16.2. The Hall–Kier alpha value is -5.64. The molecule has 4 rings (SSSR count). The summed E-state index contributed by atoms with van der Waals surface area (Å²) in [6.45, 7) is 0.510. The maximum Gasteiger partial charge on any atom is 0.251 e. The Labute approximate surface area is 231 Å². The van der Waals surface area contributed by atoms with Crippen LogP contribution in [0.1, 0.15) is 20.7 Å². The smallest absolute Gasteiger partial charge is 0.251 e. The number of para-hydroxylation sites is 2. The number of carbonyl (C=O) groups excluding carboxylic acids is 2. The first kappa shape index (κ1) is 27.4. The molecular weight excluding hydrogens is 504 g/mol. The summed E-state index contributed by atoms with van der Waals surface area (Å²) in [5.41, 5.74) is 27.7. The molecule has 0 saturated heterocycles. The van der Waals surface area contributed by atoms with Crippen LogP contribution in [-0.2, 0) is 0 Å². The summed E-state index contributed by atoms with van der Waals surface area (Å²) in [6.07, 6.45) is 0. The fourth-order valence-corrected chi connectivity index (χ4v) is 4.09. The number of nitrogens with two attached hydrogens (primary N) is 4. The highest BCUT2D eigenvalue weighted by molar-refractivity contribution is 5.97. The van der Waals surface area contributed by atoms with Crippen LogP contribution < -0.4 is 33.6 Å². The van der Waals surface area contributed by atoms with Gasteiger partial charge >= 0.3 is 0 Å². The molecule has 10 N–H and O–H groups in total. The van der Waals surface area contributed by atoms with E-state index in [0.29, 0.717) is 22.5 Å². The van der Waals surface area contributed by atoms with Crippen LogP contribution in [0, 0.1) is 0 Å². The van der Waals surface area contributed by atoms with Crippen LogP contribution in [-0.4, -0.2) is 36.8 Å². The molecule has 0 spiro atoms. The molecule has 0 bridgehead atoms. The maximum atomic E-state index is 12.8. The Morgan fingerprint density at radius 2 is 1.05 bits per heavy atom. The van der Waals surface area contributed by atoms with Crippen LogP contribution in [0.15, 0.2) is 107 Å². The van der Waals surface area contributed by atoms with Gasteiger partial charge in [-0.3, -0.25) is 9.59 Å². The van der Waals surface area contributed by atoms with Crippen LogP contribution in [0.25, 0.3) is 22.3 Å². The maximum absolute atomic E-state index is 12.8. The van der Waals surface area contributed by atoms with Crippen molar-refractivity contribution in [3.8, 4) is 22.3 Å². The summed E-state index contributed by atoms with van der Waals surface area (Å²) in [5.74, 6) is -0.597. The number of rotatable bonds is 9. The molecule has 0 aliphatic rings. The first-order valence-electron chi connectivity index (χ1n) is 12.5. The summed E-state index contributed by atoms with van der Waals surface area (Å²) in [7, 11) is 0. The standard InChI is InChI=1S/C30H30N8O2/c31-29(32)37-25-10-3-1-8-23(25)19-12-14-20(15-13-19)27(39)35-16-17-36-28(40)22-7-5-6-21(18-22)24-9-2-4-11-26(24)38-30(33)34/h1-15,18H,16-17H2,(H,35,39)(H,36,40)(H4,31,32,37)(H4,33,34,38). The number of nitrogens with one attached hydrogen (secondary N) is 2. The molecular formula is C30H30N8O2. The Kier molecular flexibility index (Phi) is 8.73. The van der Waals surface area contributed by atoms with E-state index in [1.165, 1.54) is 0 Å². The van der Waals surface area contributed by atoms with Crippen molar-refractivity contribution in [2.75, 3.05) is 13.1 Å². The summed E-state index contributed by atoms with van der Waals surface area (Å²) < 4.78 is 0. The molecule has 0 fully saturated rings. The molecule has 0 atom stereocenters. The van der Waals surface area contributed by atoms with Crippen LogP contribution in [0.5, 0.6) is 0 Å². The third-order valence-corrected chi connectivity index (χ3v) is 5.90. The molecule has 0 radical (unpaired) electrons. The zero-order valence-electron chi connectivity index (χ0n) is 21.7. The van der Waals surface area contributed by atoms with Crippen molar-refractivity contribution in [2.24, 2.45) is 32.9 Å². The fraction of sp³-hybridized carbons (Fsp3) is 0.0667. The molecule has 10 nitrogen and oxygen atoms in total. The molecule has 0 heterocycles. The Bertz CT molecular complexity index is 1570. The van der Waals surface area contributed by atoms with Gasteiger partial charge in [0, 0.05) is 35.3 Å². The van der Waals surface area contributed by atoms with Crippen molar-refractivity contribution in [1.29, 1.82) is 0 Å². The number of guanidine groups is 2. The molecule has 40 heavy (non-hydrogen) atoms. The molecule has 0 saturated carbocycles. The molecule has 202 valence electrons. The van der Waals surface area contributed by atoms with Gasteiger partial charge in [-0.15, -0.1) is 0 Å². The van der Waals surface area contributed by atoms with E-state index in [4.69, 9.17) is 22.9 Å². The quantitative estimate of drug-likeness (QED) is 0.109. The van der Waals surface area contributed by atoms with Crippen molar-refractivity contribution in [3.63, 3.8) is 0 Å². The van der Waals surface area contributed by atoms with Gasteiger partial charge in [0.05, 0.1) is 11.4 Å². The lowest BCUT2D eigenvalue weighted by Crippen LogP contribution is -2.34. The molecule has 0 aliphatic carbocycles. The van der Waals surface area contributed by atoms with Crippen LogP contribution >= 0.6 is 0 Å². The number of carbonyl (C=O) groups is 2. The molecule has 0 aromatic heterocycles. The van der Waals surface area contributed by atoms with E-state index in [-0.39, 0.29) is 36.8 Å². The summed E-state index contributed by atoms with van der Waals surface area (Å²) in [5, 5.41) is 5.65. The van der Waals surface area contributed by atoms with Gasteiger partial charge in [0.25, 0.3) is 11.8 Å². The number of benzene rings is 4. The zero-order chi connectivity index (χ0) is 28.5. The minimum absolute atomic E-state index is 0.0311. The fourth-order valence-electron chi connectivity index (χ4n) is 4.09. The van der Waals surface area contributed by atoms with Gasteiger partial charge in [0.2, 0.25) is 0 Å². The van der Waals surface area contributed by atoms with E-state index in [1.54, 1.807) is 36.4 Å². The predicted molar refractivity (Wildman–Crippen MR) is 159 cm³/mol. The van der Waals surface area contributed by atoms with Gasteiger partial charge in [0.15, 0.2) is 11.9 Å². The van der Waals surface area contributed by atoms with Gasteiger partial charge in [-0.25, -0.2) is 9.98 Å². The van der Waals surface area contributed by atoms with Gasteiger partial charge in [-0.1, -0.05) is 60.7 Å². The normalized spacial score (nSPS) is 10.3. The largest absolute Gasteiger partial charge is 0.370 e. The highest BCUT2D eigenvalue weighted by Crippen LogP contribution is 2.31. The van der Waals surface area contributed by atoms with Crippen molar-refractivity contribution >= 4 is 35.1 Å². The topological polar surface area (TPSA) is 187 Å². The molecule has 0 unspecified atom stereocenters. The number of hydrogen-bond donors (Lipinski definition) is 6. The SMILES string of the molecule is NC(N)=Nc1ccccc1-c1ccc(C(=O)NCCNC(=O)c2cccc(-c3ccccc3N=C(N)N)c2)cc1. The van der Waals surface area contributed by atoms with Crippen LogP contribution in [0.4, 0.5) is 11.4 Å². The Morgan fingerprint density at radius 3 is 1.60 bits per heavy atom. The molecule has 4 aromatic rings. The first-order chi connectivity index (χ1) is 19.3. The molecule has 2 amide bonds. The Balaban J connectivity index is 1.33. The van der Waals surface area contributed by atoms with Gasteiger partial charge < -0.3 is 33.6 Å². The number of nitrogens with zero attached hydrogens (tertiary/aromatic N) is 2. The lowest BCUT2D eigenvalue weighted by molar-refractivity contribution is 0.0927. The van der Waals surface area contributed by atoms with E-state index >= 15 is 0 Å². The van der Waals surface area contributed by atoms with Gasteiger partial charge in [0.1, 0.15) is 0 Å². The minimum Gasteiger partial charge on any atom is -0.370 e. The van der Waals surface area contributed by atoms with Gasteiger partial charge in [-0.2, -0.15) is 0 Å². The lowest BCUT2D eigenvalue weighted by atomic mass is 10.0. The third-order valence-electron chi connectivity index (χ3n) is 5.90. The average molecular weight is 535 g/mol.